The predicted molar refractivity (Wildman–Crippen MR) is 77.8 cm³/mol. The summed E-state index contributed by atoms with van der Waals surface area (Å²) in [6.45, 7) is 5.54. The minimum Gasteiger partial charge on any atom is -0.373 e. The van der Waals surface area contributed by atoms with Gasteiger partial charge in [-0.25, -0.2) is 0 Å². The van der Waals surface area contributed by atoms with Gasteiger partial charge in [0.05, 0.1) is 12.7 Å². The van der Waals surface area contributed by atoms with Crippen LogP contribution >= 0.6 is 0 Å². The molecule has 1 N–H and O–H groups in total. The lowest BCUT2D eigenvalue weighted by Gasteiger charge is -2.35. The number of rotatable bonds is 3. The molecule has 0 saturated carbocycles. The molecule has 2 aliphatic heterocycles. The molecule has 2 aliphatic rings. The molecule has 2 unspecified atom stereocenters. The van der Waals surface area contributed by atoms with Gasteiger partial charge >= 0.3 is 0 Å². The van der Waals surface area contributed by atoms with Gasteiger partial charge in [0, 0.05) is 24.7 Å². The van der Waals surface area contributed by atoms with Crippen LogP contribution in [0, 0.1) is 6.92 Å². The third-order valence-corrected chi connectivity index (χ3v) is 4.27. The van der Waals surface area contributed by atoms with Crippen molar-refractivity contribution in [2.75, 3.05) is 26.2 Å². The highest BCUT2D eigenvalue weighted by Gasteiger charge is 2.32. The van der Waals surface area contributed by atoms with Crippen molar-refractivity contribution in [3.63, 3.8) is 0 Å². The number of fused-ring (bicyclic) bond motifs is 1. The van der Waals surface area contributed by atoms with Crippen molar-refractivity contribution in [1.82, 2.24) is 10.2 Å². The Balaban J connectivity index is 1.49. The highest BCUT2D eigenvalue weighted by molar-refractivity contribution is 5.94. The zero-order valence-corrected chi connectivity index (χ0v) is 12.0. The summed E-state index contributed by atoms with van der Waals surface area (Å²) in [4.78, 5) is 14.5. The van der Waals surface area contributed by atoms with Crippen LogP contribution in [0.15, 0.2) is 24.3 Å². The molecule has 2 saturated heterocycles. The molecule has 2 atom stereocenters. The summed E-state index contributed by atoms with van der Waals surface area (Å²) in [5, 5.41) is 2.98. The van der Waals surface area contributed by atoms with Gasteiger partial charge in [-0.15, -0.1) is 0 Å². The minimum atomic E-state index is -0.0165. The van der Waals surface area contributed by atoms with Gasteiger partial charge in [0.1, 0.15) is 0 Å². The van der Waals surface area contributed by atoms with Gasteiger partial charge in [-0.05, 0) is 38.4 Å². The van der Waals surface area contributed by atoms with Crippen molar-refractivity contribution >= 4 is 5.91 Å². The zero-order valence-electron chi connectivity index (χ0n) is 12.0. The van der Waals surface area contributed by atoms with Crippen LogP contribution in [0.3, 0.4) is 0 Å². The molecular weight excluding hydrogens is 252 g/mol. The second-order valence-electron chi connectivity index (χ2n) is 5.82. The van der Waals surface area contributed by atoms with E-state index in [4.69, 9.17) is 4.74 Å². The maximum absolute atomic E-state index is 12.0. The van der Waals surface area contributed by atoms with Crippen LogP contribution in [0.25, 0.3) is 0 Å². The largest absolute Gasteiger partial charge is 0.373 e. The topological polar surface area (TPSA) is 41.6 Å². The number of benzene rings is 1. The highest BCUT2D eigenvalue weighted by Crippen LogP contribution is 2.22. The van der Waals surface area contributed by atoms with E-state index in [0.29, 0.717) is 18.2 Å². The van der Waals surface area contributed by atoms with E-state index in [9.17, 15) is 4.79 Å². The quantitative estimate of drug-likeness (QED) is 0.910. The number of ether oxygens (including phenoxy) is 1. The first kappa shape index (κ1) is 13.6. The number of amides is 1. The molecular formula is C16H22N2O2. The van der Waals surface area contributed by atoms with Crippen LogP contribution in [0.2, 0.25) is 0 Å². The van der Waals surface area contributed by atoms with E-state index in [1.54, 1.807) is 0 Å². The molecule has 0 aromatic heterocycles. The first-order chi connectivity index (χ1) is 9.72. The van der Waals surface area contributed by atoms with E-state index in [1.807, 2.05) is 31.2 Å². The predicted octanol–water partition coefficient (Wildman–Crippen LogP) is 1.59. The lowest BCUT2D eigenvalue weighted by molar-refractivity contribution is -0.0461. The summed E-state index contributed by atoms with van der Waals surface area (Å²) in [5.74, 6) is -0.0165. The Morgan fingerprint density at radius 1 is 1.40 bits per heavy atom. The number of hydrogen-bond acceptors (Lipinski definition) is 3. The number of carbonyl (C=O) groups excluding carboxylic acids is 1. The smallest absolute Gasteiger partial charge is 0.251 e. The normalized spacial score (nSPS) is 26.2. The summed E-state index contributed by atoms with van der Waals surface area (Å²) < 4.78 is 5.84. The molecule has 108 valence electrons. The van der Waals surface area contributed by atoms with Crippen molar-refractivity contribution in [3.8, 4) is 0 Å². The van der Waals surface area contributed by atoms with Gasteiger partial charge in [-0.3, -0.25) is 9.69 Å². The number of hydrogen-bond donors (Lipinski definition) is 1. The Bertz CT molecular complexity index is 472. The molecule has 20 heavy (non-hydrogen) atoms. The molecule has 4 heteroatoms. The highest BCUT2D eigenvalue weighted by atomic mass is 16.5. The average molecular weight is 274 g/mol. The maximum atomic E-state index is 12.0. The minimum absolute atomic E-state index is 0.0165. The lowest BCUT2D eigenvalue weighted by atomic mass is 10.1. The van der Waals surface area contributed by atoms with Crippen molar-refractivity contribution < 1.29 is 9.53 Å². The fourth-order valence-electron chi connectivity index (χ4n) is 3.02. The summed E-state index contributed by atoms with van der Waals surface area (Å²) in [7, 11) is 0. The third kappa shape index (κ3) is 3.02. The van der Waals surface area contributed by atoms with Crippen LogP contribution in [0.1, 0.15) is 28.8 Å². The van der Waals surface area contributed by atoms with Crippen LogP contribution in [0.4, 0.5) is 0 Å². The fourth-order valence-corrected chi connectivity index (χ4v) is 3.02. The van der Waals surface area contributed by atoms with Gasteiger partial charge in [0.2, 0.25) is 0 Å². The molecule has 1 aromatic rings. The zero-order chi connectivity index (χ0) is 13.9. The molecule has 2 heterocycles. The monoisotopic (exact) mass is 274 g/mol. The molecule has 2 fully saturated rings. The number of morpholine rings is 1. The van der Waals surface area contributed by atoms with E-state index in [-0.39, 0.29) is 12.0 Å². The average Bonchev–Trinajstić information content (AvgIpc) is 2.93. The van der Waals surface area contributed by atoms with Crippen LogP contribution in [-0.2, 0) is 4.74 Å². The Morgan fingerprint density at radius 3 is 3.00 bits per heavy atom. The van der Waals surface area contributed by atoms with E-state index < -0.39 is 0 Å². The summed E-state index contributed by atoms with van der Waals surface area (Å²) in [6.07, 6.45) is 2.65. The maximum Gasteiger partial charge on any atom is 0.251 e. The lowest BCUT2D eigenvalue weighted by Crippen LogP contribution is -2.50. The van der Waals surface area contributed by atoms with E-state index in [0.717, 1.165) is 18.7 Å². The molecule has 4 nitrogen and oxygen atoms in total. The Labute approximate surface area is 120 Å². The van der Waals surface area contributed by atoms with Crippen molar-refractivity contribution in [1.29, 1.82) is 0 Å². The molecule has 3 rings (SSSR count). The molecule has 1 amide bonds. The number of aryl methyl sites for hydroxylation is 1. The molecule has 0 aliphatic carbocycles. The Hall–Kier alpha value is -1.39. The van der Waals surface area contributed by atoms with Crippen LogP contribution in [0.5, 0.6) is 0 Å². The van der Waals surface area contributed by atoms with Crippen molar-refractivity contribution in [2.24, 2.45) is 0 Å². The summed E-state index contributed by atoms with van der Waals surface area (Å²) in [6, 6.07) is 8.26. The van der Waals surface area contributed by atoms with Crippen LogP contribution in [-0.4, -0.2) is 49.2 Å². The number of nitrogens with zero attached hydrogens (tertiary/aromatic N) is 1. The van der Waals surface area contributed by atoms with E-state index >= 15 is 0 Å². The SMILES string of the molecule is Cc1ccc(C(=O)NCC2CN3CCCC3CO2)cc1. The molecule has 0 radical (unpaired) electrons. The van der Waals surface area contributed by atoms with Crippen molar-refractivity contribution in [3.05, 3.63) is 35.4 Å². The van der Waals surface area contributed by atoms with Crippen molar-refractivity contribution in [2.45, 2.75) is 31.9 Å². The third-order valence-electron chi connectivity index (χ3n) is 4.27. The van der Waals surface area contributed by atoms with Gasteiger partial charge in [0.15, 0.2) is 0 Å². The molecule has 0 spiro atoms. The van der Waals surface area contributed by atoms with E-state index in [2.05, 4.69) is 10.2 Å². The Morgan fingerprint density at radius 2 is 2.20 bits per heavy atom. The van der Waals surface area contributed by atoms with E-state index in [1.165, 1.54) is 19.4 Å². The summed E-state index contributed by atoms with van der Waals surface area (Å²) >= 11 is 0. The molecule has 1 aromatic carbocycles. The van der Waals surface area contributed by atoms with Gasteiger partial charge in [-0.2, -0.15) is 0 Å². The Kier molecular flexibility index (Phi) is 4.03. The number of carbonyl (C=O) groups is 1. The number of nitrogens with one attached hydrogen (secondary N) is 1. The summed E-state index contributed by atoms with van der Waals surface area (Å²) in [5.41, 5.74) is 1.88. The molecule has 0 bridgehead atoms. The standard InChI is InChI=1S/C16H22N2O2/c1-12-4-6-13(7-5-12)16(19)17-9-15-10-18-8-2-3-14(18)11-20-15/h4-7,14-15H,2-3,8-11H2,1H3,(H,17,19). The van der Waals surface area contributed by atoms with Gasteiger partial charge in [-0.1, -0.05) is 17.7 Å². The first-order valence-corrected chi connectivity index (χ1v) is 7.43. The van der Waals surface area contributed by atoms with Gasteiger partial charge in [0.25, 0.3) is 5.91 Å². The van der Waals surface area contributed by atoms with Crippen LogP contribution < -0.4 is 5.32 Å². The second kappa shape index (κ2) is 5.94. The first-order valence-electron chi connectivity index (χ1n) is 7.43. The van der Waals surface area contributed by atoms with Gasteiger partial charge < -0.3 is 10.1 Å². The second-order valence-corrected chi connectivity index (χ2v) is 5.82. The fraction of sp³-hybridized carbons (Fsp3) is 0.562.